The number of carbonyl (C=O) groups excluding carboxylic acids is 1. The Balaban J connectivity index is 2.02. The molecule has 2 aromatic carbocycles. The van der Waals surface area contributed by atoms with Crippen molar-refractivity contribution in [3.05, 3.63) is 69.8 Å². The highest BCUT2D eigenvalue weighted by Crippen LogP contribution is 2.39. The SMILES string of the molecule is CC=Cc1cccc2c1OC(C(C)C)CN2C(=O)c1ccc([N+](=O)[O-])cc1. The van der Waals surface area contributed by atoms with Crippen molar-refractivity contribution >= 4 is 23.4 Å². The van der Waals surface area contributed by atoms with E-state index >= 15 is 0 Å². The van der Waals surface area contributed by atoms with Crippen molar-refractivity contribution in [1.29, 1.82) is 0 Å². The highest BCUT2D eigenvalue weighted by molar-refractivity contribution is 6.07. The first-order valence-electron chi connectivity index (χ1n) is 8.91. The van der Waals surface area contributed by atoms with Crippen LogP contribution in [0.1, 0.15) is 36.7 Å². The molecule has 1 aliphatic heterocycles. The van der Waals surface area contributed by atoms with Gasteiger partial charge in [-0.25, -0.2) is 0 Å². The number of para-hydroxylation sites is 1. The largest absolute Gasteiger partial charge is 0.485 e. The summed E-state index contributed by atoms with van der Waals surface area (Å²) in [7, 11) is 0. The lowest BCUT2D eigenvalue weighted by Gasteiger charge is -2.37. The molecule has 140 valence electrons. The molecule has 0 radical (unpaired) electrons. The van der Waals surface area contributed by atoms with Gasteiger partial charge in [-0.15, -0.1) is 0 Å². The van der Waals surface area contributed by atoms with Gasteiger partial charge in [-0.2, -0.15) is 0 Å². The van der Waals surface area contributed by atoms with Crippen LogP contribution in [0, 0.1) is 16.0 Å². The van der Waals surface area contributed by atoms with E-state index in [0.717, 1.165) is 5.56 Å². The number of hydrogen-bond acceptors (Lipinski definition) is 4. The number of amides is 1. The van der Waals surface area contributed by atoms with Crippen molar-refractivity contribution in [3.63, 3.8) is 0 Å². The Hall–Kier alpha value is -3.15. The summed E-state index contributed by atoms with van der Waals surface area (Å²) in [5.74, 6) is 0.720. The molecule has 1 aliphatic rings. The molecule has 1 atom stereocenters. The van der Waals surface area contributed by atoms with Crippen LogP contribution < -0.4 is 9.64 Å². The van der Waals surface area contributed by atoms with Gasteiger partial charge in [0.25, 0.3) is 11.6 Å². The molecule has 0 saturated carbocycles. The van der Waals surface area contributed by atoms with Crippen LogP contribution in [0.4, 0.5) is 11.4 Å². The molecule has 2 aromatic rings. The summed E-state index contributed by atoms with van der Waals surface area (Å²) in [6, 6.07) is 11.4. The van der Waals surface area contributed by atoms with Crippen molar-refractivity contribution in [3.8, 4) is 5.75 Å². The summed E-state index contributed by atoms with van der Waals surface area (Å²) in [4.78, 5) is 25.2. The lowest BCUT2D eigenvalue weighted by Crippen LogP contribution is -2.46. The Kier molecular flexibility index (Phi) is 5.26. The van der Waals surface area contributed by atoms with E-state index in [1.54, 1.807) is 4.90 Å². The van der Waals surface area contributed by atoms with Crippen LogP contribution in [0.15, 0.2) is 48.5 Å². The first-order chi connectivity index (χ1) is 12.9. The quantitative estimate of drug-likeness (QED) is 0.581. The van der Waals surface area contributed by atoms with E-state index in [-0.39, 0.29) is 23.6 Å². The lowest BCUT2D eigenvalue weighted by molar-refractivity contribution is -0.384. The fourth-order valence-corrected chi connectivity index (χ4v) is 3.08. The van der Waals surface area contributed by atoms with Crippen LogP contribution in [0.5, 0.6) is 5.75 Å². The number of nitro groups is 1. The topological polar surface area (TPSA) is 72.7 Å². The van der Waals surface area contributed by atoms with E-state index in [1.807, 2.05) is 37.3 Å². The molecule has 6 heteroatoms. The molecule has 1 heterocycles. The zero-order valence-corrected chi connectivity index (χ0v) is 15.6. The molecule has 27 heavy (non-hydrogen) atoms. The van der Waals surface area contributed by atoms with E-state index in [4.69, 9.17) is 4.74 Å². The van der Waals surface area contributed by atoms with Crippen LogP contribution in [-0.4, -0.2) is 23.5 Å². The predicted molar refractivity (Wildman–Crippen MR) is 105 cm³/mol. The Labute approximate surface area is 158 Å². The minimum atomic E-state index is -0.476. The number of fused-ring (bicyclic) bond motifs is 1. The van der Waals surface area contributed by atoms with Crippen LogP contribution >= 0.6 is 0 Å². The Morgan fingerprint density at radius 2 is 1.96 bits per heavy atom. The van der Waals surface area contributed by atoms with E-state index in [9.17, 15) is 14.9 Å². The number of hydrogen-bond donors (Lipinski definition) is 0. The molecule has 0 saturated heterocycles. The highest BCUT2D eigenvalue weighted by Gasteiger charge is 2.33. The van der Waals surface area contributed by atoms with Crippen molar-refractivity contribution in [1.82, 2.24) is 0 Å². The van der Waals surface area contributed by atoms with Gasteiger partial charge in [0.15, 0.2) is 5.75 Å². The fourth-order valence-electron chi connectivity index (χ4n) is 3.08. The number of benzene rings is 2. The maximum atomic E-state index is 13.2. The zero-order chi connectivity index (χ0) is 19.6. The minimum Gasteiger partial charge on any atom is -0.485 e. The number of allylic oxidation sites excluding steroid dienone is 1. The van der Waals surface area contributed by atoms with Gasteiger partial charge >= 0.3 is 0 Å². The maximum Gasteiger partial charge on any atom is 0.269 e. The van der Waals surface area contributed by atoms with Crippen molar-refractivity contribution < 1.29 is 14.5 Å². The van der Waals surface area contributed by atoms with Crippen molar-refractivity contribution in [2.45, 2.75) is 26.9 Å². The molecule has 1 unspecified atom stereocenters. The van der Waals surface area contributed by atoms with Crippen LogP contribution in [0.3, 0.4) is 0 Å². The van der Waals surface area contributed by atoms with Gasteiger partial charge in [0.2, 0.25) is 0 Å². The molecule has 0 N–H and O–H groups in total. The summed E-state index contributed by atoms with van der Waals surface area (Å²) in [5.41, 5.74) is 2.00. The number of rotatable bonds is 4. The van der Waals surface area contributed by atoms with Crippen LogP contribution in [0.25, 0.3) is 6.08 Å². The third kappa shape index (κ3) is 3.69. The van der Waals surface area contributed by atoms with E-state index in [2.05, 4.69) is 13.8 Å². The third-order valence-corrected chi connectivity index (χ3v) is 4.61. The summed E-state index contributed by atoms with van der Waals surface area (Å²) < 4.78 is 6.21. The van der Waals surface area contributed by atoms with Gasteiger partial charge in [-0.05, 0) is 31.0 Å². The molecular formula is C21H22N2O4. The number of ether oxygens (including phenoxy) is 1. The highest BCUT2D eigenvalue weighted by atomic mass is 16.6. The second-order valence-electron chi connectivity index (χ2n) is 6.82. The van der Waals surface area contributed by atoms with Gasteiger partial charge in [0.05, 0.1) is 17.2 Å². The number of nitro benzene ring substituents is 1. The Bertz CT molecular complexity index is 888. The average molecular weight is 366 g/mol. The Morgan fingerprint density at radius 3 is 2.56 bits per heavy atom. The van der Waals surface area contributed by atoms with E-state index < -0.39 is 4.92 Å². The lowest BCUT2D eigenvalue weighted by atomic mass is 10.0. The first kappa shape index (κ1) is 18.6. The molecule has 0 bridgehead atoms. The van der Waals surface area contributed by atoms with E-state index in [1.165, 1.54) is 24.3 Å². The number of carbonyl (C=O) groups is 1. The molecule has 0 spiro atoms. The van der Waals surface area contributed by atoms with E-state index in [0.29, 0.717) is 23.5 Å². The second kappa shape index (κ2) is 7.61. The van der Waals surface area contributed by atoms with Gasteiger partial charge in [-0.3, -0.25) is 14.9 Å². The Morgan fingerprint density at radius 1 is 1.26 bits per heavy atom. The fraction of sp³-hybridized carbons (Fsp3) is 0.286. The average Bonchev–Trinajstić information content (AvgIpc) is 2.67. The molecule has 0 fully saturated rings. The van der Waals surface area contributed by atoms with Crippen molar-refractivity contribution in [2.24, 2.45) is 5.92 Å². The number of anilines is 1. The summed E-state index contributed by atoms with van der Waals surface area (Å²) in [6.45, 7) is 6.48. The maximum absolute atomic E-state index is 13.2. The third-order valence-electron chi connectivity index (χ3n) is 4.61. The molecular weight excluding hydrogens is 344 g/mol. The molecule has 1 amide bonds. The molecule has 6 nitrogen and oxygen atoms in total. The first-order valence-corrected chi connectivity index (χ1v) is 8.91. The standard InChI is InChI=1S/C21H22N2O4/c1-4-6-15-7-5-8-18-20(15)27-19(14(2)3)13-22(18)21(24)16-9-11-17(12-10-16)23(25)26/h4-12,14,19H,13H2,1-3H3. The molecule has 0 aromatic heterocycles. The predicted octanol–water partition coefficient (Wildman–Crippen LogP) is 4.69. The molecule has 3 rings (SSSR count). The minimum absolute atomic E-state index is 0.0376. The number of non-ortho nitro benzene ring substituents is 1. The smallest absolute Gasteiger partial charge is 0.269 e. The zero-order valence-electron chi connectivity index (χ0n) is 15.6. The van der Waals surface area contributed by atoms with Crippen molar-refractivity contribution in [2.75, 3.05) is 11.4 Å². The summed E-state index contributed by atoms with van der Waals surface area (Å²) >= 11 is 0. The van der Waals surface area contributed by atoms with Crippen LogP contribution in [0.2, 0.25) is 0 Å². The second-order valence-corrected chi connectivity index (χ2v) is 6.82. The monoisotopic (exact) mass is 366 g/mol. The number of nitrogens with zero attached hydrogens (tertiary/aromatic N) is 2. The summed E-state index contributed by atoms with van der Waals surface area (Å²) in [6.07, 6.45) is 3.75. The van der Waals surface area contributed by atoms with Crippen LogP contribution in [-0.2, 0) is 0 Å². The van der Waals surface area contributed by atoms with Gasteiger partial charge in [0, 0.05) is 23.3 Å². The normalized spacial score (nSPS) is 16.3. The van der Waals surface area contributed by atoms with Gasteiger partial charge in [-0.1, -0.05) is 38.1 Å². The summed E-state index contributed by atoms with van der Waals surface area (Å²) in [5, 5.41) is 10.9. The molecule has 0 aliphatic carbocycles. The van der Waals surface area contributed by atoms with Gasteiger partial charge in [0.1, 0.15) is 6.10 Å². The van der Waals surface area contributed by atoms with Gasteiger partial charge < -0.3 is 9.64 Å².